The molecule has 2 aromatic rings. The molecule has 90 valence electrons. The van der Waals surface area contributed by atoms with Crippen LogP contribution in [0.2, 0.25) is 0 Å². The number of benzene rings is 1. The van der Waals surface area contributed by atoms with E-state index in [0.29, 0.717) is 0 Å². The predicted molar refractivity (Wildman–Crippen MR) is 43.4 cm³/mol. The van der Waals surface area contributed by atoms with Gasteiger partial charge in [0.1, 0.15) is 5.69 Å². The van der Waals surface area contributed by atoms with Gasteiger partial charge in [-0.1, -0.05) is 5.10 Å². The summed E-state index contributed by atoms with van der Waals surface area (Å²) in [4.78, 5) is 0. The van der Waals surface area contributed by atoms with Gasteiger partial charge in [0.05, 0.1) is 0 Å². The summed E-state index contributed by atoms with van der Waals surface area (Å²) in [5.74, 6) is -11.2. The minimum atomic E-state index is -2.27. The Kier molecular flexibility index (Phi) is 2.41. The first-order chi connectivity index (χ1) is 7.95. The third-order valence-electron chi connectivity index (χ3n) is 1.89. The minimum Gasteiger partial charge on any atom is -0.366 e. The minimum absolute atomic E-state index is 0.205. The van der Waals surface area contributed by atoms with Gasteiger partial charge in [-0.15, -0.1) is 0 Å². The number of nitrogens with two attached hydrogens (primary N) is 1. The maximum Gasteiger partial charge on any atom is 0.245 e. The molecule has 0 atom stereocenters. The summed E-state index contributed by atoms with van der Waals surface area (Å²) in [7, 11) is 0. The zero-order valence-corrected chi connectivity index (χ0v) is 7.76. The summed E-state index contributed by atoms with van der Waals surface area (Å²) in [6.45, 7) is 0. The first-order valence-electron chi connectivity index (χ1n) is 4.00. The second kappa shape index (κ2) is 3.64. The van der Waals surface area contributed by atoms with Gasteiger partial charge in [-0.2, -0.15) is 4.68 Å². The fourth-order valence-electron chi connectivity index (χ4n) is 1.13. The highest BCUT2D eigenvalue weighted by molar-refractivity contribution is 5.40. The Morgan fingerprint density at radius 3 is 1.71 bits per heavy atom. The van der Waals surface area contributed by atoms with Gasteiger partial charge in [0, 0.05) is 0 Å². The fourth-order valence-corrected chi connectivity index (χ4v) is 1.13. The molecule has 0 bridgehead atoms. The van der Waals surface area contributed by atoms with Gasteiger partial charge in [-0.3, -0.25) is 0 Å². The quantitative estimate of drug-likeness (QED) is 0.465. The third kappa shape index (κ3) is 1.48. The SMILES string of the molecule is Nc1nnnn1-c1c(F)c(F)c(F)c(F)c1F. The van der Waals surface area contributed by atoms with Gasteiger partial charge in [-0.05, 0) is 10.4 Å². The highest BCUT2D eigenvalue weighted by Crippen LogP contribution is 2.26. The van der Waals surface area contributed by atoms with E-state index in [1.807, 2.05) is 0 Å². The van der Waals surface area contributed by atoms with Crippen LogP contribution in [0.5, 0.6) is 0 Å². The molecular weight excluding hydrogens is 249 g/mol. The molecule has 0 unspecified atom stereocenters. The number of aromatic nitrogens is 4. The highest BCUT2D eigenvalue weighted by atomic mass is 19.2. The van der Waals surface area contributed by atoms with Crippen molar-refractivity contribution in [2.24, 2.45) is 0 Å². The molecule has 5 nitrogen and oxygen atoms in total. The van der Waals surface area contributed by atoms with Crippen LogP contribution in [0.15, 0.2) is 0 Å². The number of nitrogens with zero attached hydrogens (tertiary/aromatic N) is 4. The summed E-state index contributed by atoms with van der Waals surface area (Å²) in [5.41, 5.74) is 3.77. The molecule has 0 spiro atoms. The molecule has 0 saturated heterocycles. The Balaban J connectivity index is 2.84. The number of hydrogen-bond donors (Lipinski definition) is 1. The third-order valence-corrected chi connectivity index (χ3v) is 1.89. The van der Waals surface area contributed by atoms with E-state index in [0.717, 1.165) is 0 Å². The Labute approximate surface area is 89.6 Å². The molecule has 0 radical (unpaired) electrons. The lowest BCUT2D eigenvalue weighted by Gasteiger charge is -2.07. The summed E-state index contributed by atoms with van der Waals surface area (Å²) in [5, 5.41) is 9.01. The standard InChI is InChI=1S/C7H2F5N5/c8-1-2(9)4(11)6(5(12)3(1)10)17-7(13)14-15-16-17/h(H2,13,14,16). The van der Waals surface area contributed by atoms with Crippen molar-refractivity contribution >= 4 is 5.95 Å². The molecule has 1 aromatic heterocycles. The number of hydrogen-bond acceptors (Lipinski definition) is 4. The zero-order chi connectivity index (χ0) is 12.7. The van der Waals surface area contributed by atoms with Crippen molar-refractivity contribution in [1.82, 2.24) is 20.2 Å². The molecule has 10 heteroatoms. The van der Waals surface area contributed by atoms with Crippen molar-refractivity contribution in [3.8, 4) is 5.69 Å². The first-order valence-corrected chi connectivity index (χ1v) is 4.00. The molecule has 1 aromatic carbocycles. The van der Waals surface area contributed by atoms with E-state index in [-0.39, 0.29) is 4.68 Å². The smallest absolute Gasteiger partial charge is 0.245 e. The van der Waals surface area contributed by atoms with E-state index >= 15 is 0 Å². The van der Waals surface area contributed by atoms with Crippen molar-refractivity contribution in [1.29, 1.82) is 0 Å². The van der Waals surface area contributed by atoms with Crippen LogP contribution in [0.1, 0.15) is 0 Å². The van der Waals surface area contributed by atoms with Gasteiger partial charge in [0.2, 0.25) is 11.8 Å². The maximum absolute atomic E-state index is 13.3. The van der Waals surface area contributed by atoms with E-state index in [1.54, 1.807) is 0 Å². The Hall–Kier alpha value is -2.26. The molecule has 0 aliphatic rings. The summed E-state index contributed by atoms with van der Waals surface area (Å²) >= 11 is 0. The predicted octanol–water partition coefficient (Wildman–Crippen LogP) is 0.940. The number of nitrogen functional groups attached to an aromatic ring is 1. The molecule has 2 N–H and O–H groups in total. The van der Waals surface area contributed by atoms with Crippen molar-refractivity contribution in [3.05, 3.63) is 29.1 Å². The Morgan fingerprint density at radius 2 is 1.29 bits per heavy atom. The van der Waals surface area contributed by atoms with Crippen molar-refractivity contribution in [2.45, 2.75) is 0 Å². The number of rotatable bonds is 1. The normalized spacial score (nSPS) is 10.9. The molecule has 0 aliphatic carbocycles. The summed E-state index contributed by atoms with van der Waals surface area (Å²) in [6.07, 6.45) is 0. The molecular formula is C7H2F5N5. The average Bonchev–Trinajstić information content (AvgIpc) is 2.71. The van der Waals surface area contributed by atoms with Crippen LogP contribution in [-0.4, -0.2) is 20.2 Å². The lowest BCUT2D eigenvalue weighted by atomic mass is 10.2. The van der Waals surface area contributed by atoms with Crippen molar-refractivity contribution < 1.29 is 22.0 Å². The molecule has 0 fully saturated rings. The van der Waals surface area contributed by atoms with E-state index in [9.17, 15) is 22.0 Å². The second-order valence-electron chi connectivity index (χ2n) is 2.87. The van der Waals surface area contributed by atoms with Crippen LogP contribution < -0.4 is 5.73 Å². The molecule has 17 heavy (non-hydrogen) atoms. The lowest BCUT2D eigenvalue weighted by Crippen LogP contribution is -2.12. The second-order valence-corrected chi connectivity index (χ2v) is 2.87. The highest BCUT2D eigenvalue weighted by Gasteiger charge is 2.28. The van der Waals surface area contributed by atoms with Crippen LogP contribution in [-0.2, 0) is 0 Å². The van der Waals surface area contributed by atoms with Crippen molar-refractivity contribution in [3.63, 3.8) is 0 Å². The molecule has 0 saturated carbocycles. The zero-order valence-electron chi connectivity index (χ0n) is 7.76. The monoisotopic (exact) mass is 251 g/mol. The van der Waals surface area contributed by atoms with Crippen LogP contribution >= 0.6 is 0 Å². The van der Waals surface area contributed by atoms with E-state index in [4.69, 9.17) is 5.73 Å². The van der Waals surface area contributed by atoms with Crippen LogP contribution in [0.4, 0.5) is 27.9 Å². The molecule has 0 amide bonds. The van der Waals surface area contributed by atoms with Crippen LogP contribution in [0, 0.1) is 29.1 Å². The Morgan fingerprint density at radius 1 is 0.824 bits per heavy atom. The molecule has 2 rings (SSSR count). The molecule has 1 heterocycles. The lowest BCUT2D eigenvalue weighted by molar-refractivity contribution is 0.373. The number of halogens is 5. The first kappa shape index (κ1) is 11.2. The fraction of sp³-hybridized carbons (Fsp3) is 0. The van der Waals surface area contributed by atoms with Gasteiger partial charge in [0.15, 0.2) is 23.3 Å². The largest absolute Gasteiger partial charge is 0.366 e. The van der Waals surface area contributed by atoms with E-state index in [1.165, 1.54) is 0 Å². The van der Waals surface area contributed by atoms with Gasteiger partial charge in [-0.25, -0.2) is 22.0 Å². The molecule has 0 aliphatic heterocycles. The van der Waals surface area contributed by atoms with Crippen LogP contribution in [0.25, 0.3) is 5.69 Å². The average molecular weight is 251 g/mol. The topological polar surface area (TPSA) is 69.6 Å². The van der Waals surface area contributed by atoms with E-state index < -0.39 is 40.7 Å². The number of anilines is 1. The summed E-state index contributed by atoms with van der Waals surface area (Å²) < 4.78 is 65.1. The summed E-state index contributed by atoms with van der Waals surface area (Å²) in [6, 6.07) is 0. The van der Waals surface area contributed by atoms with E-state index in [2.05, 4.69) is 15.5 Å². The number of tetrazole rings is 1. The van der Waals surface area contributed by atoms with Gasteiger partial charge in [0.25, 0.3) is 0 Å². The van der Waals surface area contributed by atoms with Crippen molar-refractivity contribution in [2.75, 3.05) is 5.73 Å². The Bertz CT molecular complexity index is 566. The van der Waals surface area contributed by atoms with Crippen LogP contribution in [0.3, 0.4) is 0 Å². The maximum atomic E-state index is 13.3. The van der Waals surface area contributed by atoms with Gasteiger partial charge >= 0.3 is 0 Å². The van der Waals surface area contributed by atoms with Gasteiger partial charge < -0.3 is 5.73 Å².